The topological polar surface area (TPSA) is 68.5 Å². The lowest BCUT2D eigenvalue weighted by atomic mass is 10.0. The summed E-state index contributed by atoms with van der Waals surface area (Å²) in [6.07, 6.45) is 1.85. The standard InChI is InChI=1S/C21H24N4O3/c1-23-17-11-10-14(13-18(17)24(2)21(23)27)22-20(26)25-12-6-8-16(25)15-7-4-5-9-19(15)28-3/h4-5,7,9-11,13,16H,6,8,12H2,1-3H3,(H,22,26)/t16-/m1/s1. The zero-order chi connectivity index (χ0) is 19.8. The number of carbonyl (C=O) groups is 1. The minimum absolute atomic E-state index is 0.0130. The lowest BCUT2D eigenvalue weighted by Crippen LogP contribution is -2.34. The number of ether oxygens (including phenoxy) is 1. The van der Waals surface area contributed by atoms with E-state index in [2.05, 4.69) is 5.32 Å². The maximum absolute atomic E-state index is 13.0. The highest BCUT2D eigenvalue weighted by Gasteiger charge is 2.31. The molecule has 1 saturated heterocycles. The molecule has 0 aliphatic carbocycles. The van der Waals surface area contributed by atoms with Crippen LogP contribution in [0.15, 0.2) is 47.3 Å². The van der Waals surface area contributed by atoms with Crippen LogP contribution in [-0.2, 0) is 14.1 Å². The van der Waals surface area contributed by atoms with Gasteiger partial charge >= 0.3 is 11.7 Å². The Morgan fingerprint density at radius 3 is 2.64 bits per heavy atom. The number of para-hydroxylation sites is 1. The van der Waals surface area contributed by atoms with E-state index in [-0.39, 0.29) is 17.8 Å². The predicted octanol–water partition coefficient (Wildman–Crippen LogP) is 3.25. The van der Waals surface area contributed by atoms with Crippen molar-refractivity contribution in [3.05, 3.63) is 58.5 Å². The third-order valence-electron chi connectivity index (χ3n) is 5.53. The molecule has 0 bridgehead atoms. The average Bonchev–Trinajstić information content (AvgIpc) is 3.28. The minimum Gasteiger partial charge on any atom is -0.496 e. The van der Waals surface area contributed by atoms with Crippen molar-refractivity contribution < 1.29 is 9.53 Å². The van der Waals surface area contributed by atoms with Crippen molar-refractivity contribution >= 4 is 22.8 Å². The molecule has 1 atom stereocenters. The summed E-state index contributed by atoms with van der Waals surface area (Å²) in [6, 6.07) is 13.2. The Morgan fingerprint density at radius 2 is 1.86 bits per heavy atom. The second-order valence-corrected chi connectivity index (χ2v) is 7.13. The third-order valence-corrected chi connectivity index (χ3v) is 5.53. The van der Waals surface area contributed by atoms with Crippen molar-refractivity contribution in [3.63, 3.8) is 0 Å². The molecule has 0 unspecified atom stereocenters. The number of aromatic nitrogens is 2. The molecule has 1 fully saturated rings. The lowest BCUT2D eigenvalue weighted by Gasteiger charge is -2.26. The molecule has 7 nitrogen and oxygen atoms in total. The molecule has 28 heavy (non-hydrogen) atoms. The van der Waals surface area contributed by atoms with E-state index in [0.29, 0.717) is 12.2 Å². The number of rotatable bonds is 3. The van der Waals surface area contributed by atoms with Crippen molar-refractivity contribution in [2.24, 2.45) is 14.1 Å². The number of aryl methyl sites for hydroxylation is 2. The first kappa shape index (κ1) is 18.2. The van der Waals surface area contributed by atoms with Gasteiger partial charge in [0, 0.05) is 31.9 Å². The van der Waals surface area contributed by atoms with E-state index in [4.69, 9.17) is 4.74 Å². The quantitative estimate of drug-likeness (QED) is 0.758. The van der Waals surface area contributed by atoms with Gasteiger partial charge in [0.05, 0.1) is 24.2 Å². The summed E-state index contributed by atoms with van der Waals surface area (Å²) in [5.74, 6) is 0.799. The Hall–Kier alpha value is -3.22. The number of likely N-dealkylation sites (tertiary alicyclic amines) is 1. The fourth-order valence-corrected chi connectivity index (χ4v) is 4.05. The molecule has 2 aromatic carbocycles. The number of methoxy groups -OCH3 is 1. The molecule has 1 N–H and O–H groups in total. The van der Waals surface area contributed by atoms with Crippen LogP contribution in [0.3, 0.4) is 0 Å². The van der Waals surface area contributed by atoms with Gasteiger partial charge in [-0.1, -0.05) is 18.2 Å². The number of urea groups is 1. The zero-order valence-corrected chi connectivity index (χ0v) is 16.3. The summed E-state index contributed by atoms with van der Waals surface area (Å²) in [5, 5.41) is 2.99. The molecule has 4 rings (SSSR count). The highest BCUT2D eigenvalue weighted by atomic mass is 16.5. The first-order valence-electron chi connectivity index (χ1n) is 9.37. The van der Waals surface area contributed by atoms with Crippen molar-refractivity contribution in [3.8, 4) is 5.75 Å². The normalized spacial score (nSPS) is 16.5. The largest absolute Gasteiger partial charge is 0.496 e. The van der Waals surface area contributed by atoms with Crippen molar-refractivity contribution in [1.29, 1.82) is 0 Å². The third kappa shape index (κ3) is 2.93. The van der Waals surface area contributed by atoms with Crippen LogP contribution in [0.5, 0.6) is 5.75 Å². The molecular formula is C21H24N4O3. The first-order chi connectivity index (χ1) is 13.5. The van der Waals surface area contributed by atoms with Crippen molar-refractivity contribution in [2.45, 2.75) is 18.9 Å². The van der Waals surface area contributed by atoms with E-state index < -0.39 is 0 Å². The maximum atomic E-state index is 13.0. The van der Waals surface area contributed by atoms with Gasteiger partial charge in [-0.25, -0.2) is 9.59 Å². The summed E-state index contributed by atoms with van der Waals surface area (Å²) in [5.41, 5.74) is 3.23. The number of hydrogen-bond donors (Lipinski definition) is 1. The molecule has 1 aliphatic heterocycles. The lowest BCUT2D eigenvalue weighted by molar-refractivity contribution is 0.206. The van der Waals surface area contributed by atoms with E-state index in [1.54, 1.807) is 30.3 Å². The summed E-state index contributed by atoms with van der Waals surface area (Å²) in [7, 11) is 5.12. The Bertz CT molecular complexity index is 1100. The van der Waals surface area contributed by atoms with Crippen LogP contribution < -0.4 is 15.7 Å². The fraction of sp³-hybridized carbons (Fsp3) is 0.333. The molecule has 146 valence electrons. The van der Waals surface area contributed by atoms with E-state index in [0.717, 1.165) is 35.2 Å². The first-order valence-corrected chi connectivity index (χ1v) is 9.37. The van der Waals surface area contributed by atoms with Gasteiger partial charge in [0.2, 0.25) is 0 Å². The Balaban J connectivity index is 1.60. The zero-order valence-electron chi connectivity index (χ0n) is 16.3. The fourth-order valence-electron chi connectivity index (χ4n) is 4.05. The molecule has 3 aromatic rings. The van der Waals surface area contributed by atoms with Gasteiger partial charge in [-0.05, 0) is 37.1 Å². The van der Waals surface area contributed by atoms with Gasteiger partial charge in [0.1, 0.15) is 5.75 Å². The molecule has 0 saturated carbocycles. The van der Waals surface area contributed by atoms with Crippen LogP contribution in [0.1, 0.15) is 24.4 Å². The Morgan fingerprint density at radius 1 is 1.11 bits per heavy atom. The smallest absolute Gasteiger partial charge is 0.328 e. The van der Waals surface area contributed by atoms with Gasteiger partial charge in [0.15, 0.2) is 0 Å². The number of nitrogens with one attached hydrogen (secondary N) is 1. The van der Waals surface area contributed by atoms with Crippen LogP contribution in [0.4, 0.5) is 10.5 Å². The van der Waals surface area contributed by atoms with E-state index in [1.165, 1.54) is 0 Å². The maximum Gasteiger partial charge on any atom is 0.328 e. The number of fused-ring (bicyclic) bond motifs is 1. The number of nitrogens with zero attached hydrogens (tertiary/aromatic N) is 3. The van der Waals surface area contributed by atoms with Gasteiger partial charge in [-0.2, -0.15) is 0 Å². The van der Waals surface area contributed by atoms with E-state index >= 15 is 0 Å². The van der Waals surface area contributed by atoms with Crippen LogP contribution in [0, 0.1) is 0 Å². The highest BCUT2D eigenvalue weighted by Crippen LogP contribution is 2.37. The van der Waals surface area contributed by atoms with Crippen LogP contribution >= 0.6 is 0 Å². The molecule has 7 heteroatoms. The number of imidazole rings is 1. The Kier molecular flexibility index (Phi) is 4.58. The van der Waals surface area contributed by atoms with Gasteiger partial charge in [-0.3, -0.25) is 9.13 Å². The van der Waals surface area contributed by atoms with Crippen molar-refractivity contribution in [1.82, 2.24) is 14.0 Å². The van der Waals surface area contributed by atoms with Gasteiger partial charge in [0.25, 0.3) is 0 Å². The number of amides is 2. The second-order valence-electron chi connectivity index (χ2n) is 7.13. The summed E-state index contributed by atoms with van der Waals surface area (Å²) >= 11 is 0. The molecule has 1 aromatic heterocycles. The average molecular weight is 380 g/mol. The summed E-state index contributed by atoms with van der Waals surface area (Å²) < 4.78 is 8.66. The van der Waals surface area contributed by atoms with Crippen LogP contribution in [-0.4, -0.2) is 33.7 Å². The van der Waals surface area contributed by atoms with Crippen LogP contribution in [0.2, 0.25) is 0 Å². The molecule has 0 radical (unpaired) electrons. The molecule has 1 aliphatic rings. The SMILES string of the molecule is COc1ccccc1[C@H]1CCCN1C(=O)Nc1ccc2c(c1)n(C)c(=O)n2C. The summed E-state index contributed by atoms with van der Waals surface area (Å²) in [6.45, 7) is 0.695. The van der Waals surface area contributed by atoms with Gasteiger partial charge in [-0.15, -0.1) is 0 Å². The predicted molar refractivity (Wildman–Crippen MR) is 109 cm³/mol. The van der Waals surface area contributed by atoms with Crippen LogP contribution in [0.25, 0.3) is 11.0 Å². The molecule has 2 amide bonds. The number of hydrogen-bond acceptors (Lipinski definition) is 3. The molecule has 0 spiro atoms. The Labute approximate surface area is 163 Å². The van der Waals surface area contributed by atoms with E-state index in [1.807, 2.05) is 47.4 Å². The number of anilines is 1. The second kappa shape index (κ2) is 7.07. The minimum atomic E-state index is -0.145. The monoisotopic (exact) mass is 380 g/mol. The summed E-state index contributed by atoms with van der Waals surface area (Å²) in [4.78, 5) is 27.0. The number of carbonyl (C=O) groups excluding carboxylic acids is 1. The molecule has 2 heterocycles. The number of benzene rings is 2. The van der Waals surface area contributed by atoms with E-state index in [9.17, 15) is 9.59 Å². The molecular weight excluding hydrogens is 356 g/mol. The highest BCUT2D eigenvalue weighted by molar-refractivity contribution is 5.92. The van der Waals surface area contributed by atoms with Crippen molar-refractivity contribution in [2.75, 3.05) is 19.0 Å². The van der Waals surface area contributed by atoms with Gasteiger partial charge < -0.3 is 15.0 Å².